The first-order chi connectivity index (χ1) is 10.6. The van der Waals surface area contributed by atoms with Crippen LogP contribution in [0.25, 0.3) is 0 Å². The third kappa shape index (κ3) is 2.98. The van der Waals surface area contributed by atoms with Crippen molar-refractivity contribution < 1.29 is 4.79 Å². The van der Waals surface area contributed by atoms with E-state index in [1.807, 2.05) is 42.2 Å². The first-order valence-corrected chi connectivity index (χ1v) is 7.85. The fourth-order valence-corrected chi connectivity index (χ4v) is 3.13. The first kappa shape index (κ1) is 14.6. The minimum atomic E-state index is -0.00499. The minimum Gasteiger partial charge on any atom is -0.317 e. The Bertz CT molecular complexity index is 663. The third-order valence-corrected chi connectivity index (χ3v) is 4.36. The van der Waals surface area contributed by atoms with E-state index in [0.717, 1.165) is 25.1 Å². The van der Waals surface area contributed by atoms with Crippen molar-refractivity contribution in [2.45, 2.75) is 32.7 Å². The second-order valence-corrected chi connectivity index (χ2v) is 6.00. The second kappa shape index (κ2) is 6.22. The Morgan fingerprint density at radius 1 is 1.09 bits per heavy atom. The highest BCUT2D eigenvalue weighted by atomic mass is 16.2. The highest BCUT2D eigenvalue weighted by Crippen LogP contribution is 2.34. The Morgan fingerprint density at radius 3 is 2.55 bits per heavy atom. The van der Waals surface area contributed by atoms with Crippen LogP contribution in [0.5, 0.6) is 0 Å². The molecule has 22 heavy (non-hydrogen) atoms. The minimum absolute atomic E-state index is 0.00499. The number of rotatable bonds is 2. The summed E-state index contributed by atoms with van der Waals surface area (Å²) in [5.74, 6) is 0. The number of carbonyl (C=O) groups excluding carboxylic acids is 1. The highest BCUT2D eigenvalue weighted by molar-refractivity contribution is 5.89. The van der Waals surface area contributed by atoms with Gasteiger partial charge in [0.1, 0.15) is 0 Å². The van der Waals surface area contributed by atoms with E-state index in [2.05, 4.69) is 30.4 Å². The highest BCUT2D eigenvalue weighted by Gasteiger charge is 2.30. The van der Waals surface area contributed by atoms with Crippen LogP contribution in [0.15, 0.2) is 48.5 Å². The monoisotopic (exact) mass is 294 g/mol. The van der Waals surface area contributed by atoms with Crippen LogP contribution in [-0.2, 0) is 0 Å². The molecule has 0 spiro atoms. The van der Waals surface area contributed by atoms with Gasteiger partial charge >= 0.3 is 6.03 Å². The van der Waals surface area contributed by atoms with Crippen LogP contribution in [-0.4, -0.2) is 17.5 Å². The van der Waals surface area contributed by atoms with Crippen molar-refractivity contribution in [1.82, 2.24) is 4.90 Å². The van der Waals surface area contributed by atoms with Crippen LogP contribution in [0.4, 0.5) is 10.5 Å². The molecule has 1 heterocycles. The number of hydrogen-bond acceptors (Lipinski definition) is 1. The van der Waals surface area contributed by atoms with E-state index in [1.165, 1.54) is 16.7 Å². The molecule has 2 aromatic rings. The molecule has 2 amide bonds. The van der Waals surface area contributed by atoms with Gasteiger partial charge in [0.05, 0.1) is 6.04 Å². The predicted molar refractivity (Wildman–Crippen MR) is 90.1 cm³/mol. The average molecular weight is 294 g/mol. The standard InChI is InChI=1S/C19H22N2O/c1-14-9-11-16(12-10-14)20-19(22)21-13-5-8-18(21)17-7-4-3-6-15(17)2/h3-4,6-7,9-12,18H,5,8,13H2,1-2H3,(H,20,22)/t18-/m1/s1. The van der Waals surface area contributed by atoms with Crippen molar-refractivity contribution in [3.05, 3.63) is 65.2 Å². The number of hydrogen-bond donors (Lipinski definition) is 1. The number of nitrogens with zero attached hydrogens (tertiary/aromatic N) is 1. The molecule has 0 radical (unpaired) electrons. The molecule has 3 nitrogen and oxygen atoms in total. The first-order valence-electron chi connectivity index (χ1n) is 7.85. The summed E-state index contributed by atoms with van der Waals surface area (Å²) >= 11 is 0. The molecule has 0 aromatic heterocycles. The number of anilines is 1. The van der Waals surface area contributed by atoms with Crippen LogP contribution in [0, 0.1) is 13.8 Å². The van der Waals surface area contributed by atoms with E-state index in [0.29, 0.717) is 0 Å². The van der Waals surface area contributed by atoms with Gasteiger partial charge in [-0.1, -0.05) is 42.0 Å². The van der Waals surface area contributed by atoms with Crippen LogP contribution in [0.2, 0.25) is 0 Å². The lowest BCUT2D eigenvalue weighted by Gasteiger charge is -2.26. The number of carbonyl (C=O) groups is 1. The van der Waals surface area contributed by atoms with Crippen LogP contribution < -0.4 is 5.32 Å². The Balaban J connectivity index is 1.76. The smallest absolute Gasteiger partial charge is 0.317 e. The SMILES string of the molecule is Cc1ccc(NC(=O)N2CCC[C@@H]2c2ccccc2C)cc1. The molecule has 1 fully saturated rings. The molecule has 0 unspecified atom stereocenters. The van der Waals surface area contributed by atoms with Crippen molar-refractivity contribution in [3.63, 3.8) is 0 Å². The van der Waals surface area contributed by atoms with Crippen LogP contribution in [0.3, 0.4) is 0 Å². The van der Waals surface area contributed by atoms with E-state index in [9.17, 15) is 4.79 Å². The van der Waals surface area contributed by atoms with Gasteiger partial charge in [0.2, 0.25) is 0 Å². The summed E-state index contributed by atoms with van der Waals surface area (Å²) in [5, 5.41) is 3.02. The van der Waals surface area contributed by atoms with Crippen molar-refractivity contribution in [1.29, 1.82) is 0 Å². The molecule has 1 atom stereocenters. The lowest BCUT2D eigenvalue weighted by Crippen LogP contribution is -2.34. The van der Waals surface area contributed by atoms with Crippen LogP contribution in [0.1, 0.15) is 35.6 Å². The van der Waals surface area contributed by atoms with Gasteiger partial charge in [0.25, 0.3) is 0 Å². The van der Waals surface area contributed by atoms with Crippen molar-refractivity contribution >= 4 is 11.7 Å². The topological polar surface area (TPSA) is 32.3 Å². The Labute approximate surface area is 132 Å². The Morgan fingerprint density at radius 2 is 1.82 bits per heavy atom. The summed E-state index contributed by atoms with van der Waals surface area (Å²) < 4.78 is 0. The molecule has 1 aliphatic rings. The summed E-state index contributed by atoms with van der Waals surface area (Å²) in [6.45, 7) is 4.97. The maximum absolute atomic E-state index is 12.6. The molecule has 2 aromatic carbocycles. The average Bonchev–Trinajstić information content (AvgIpc) is 2.99. The normalized spacial score (nSPS) is 17.5. The Kier molecular flexibility index (Phi) is 4.14. The Hall–Kier alpha value is -2.29. The van der Waals surface area contributed by atoms with E-state index < -0.39 is 0 Å². The number of likely N-dealkylation sites (tertiary alicyclic amines) is 1. The van der Waals surface area contributed by atoms with Gasteiger partial charge < -0.3 is 10.2 Å². The third-order valence-electron chi connectivity index (χ3n) is 4.36. The van der Waals surface area contributed by atoms with E-state index in [-0.39, 0.29) is 12.1 Å². The zero-order valence-corrected chi connectivity index (χ0v) is 13.2. The summed E-state index contributed by atoms with van der Waals surface area (Å²) in [5.41, 5.74) is 4.56. The van der Waals surface area contributed by atoms with E-state index in [4.69, 9.17) is 0 Å². The zero-order chi connectivity index (χ0) is 15.5. The van der Waals surface area contributed by atoms with Gasteiger partial charge in [-0.25, -0.2) is 4.79 Å². The fraction of sp³-hybridized carbons (Fsp3) is 0.316. The van der Waals surface area contributed by atoms with Crippen molar-refractivity contribution in [2.24, 2.45) is 0 Å². The van der Waals surface area contributed by atoms with Gasteiger partial charge in [0.15, 0.2) is 0 Å². The number of aryl methyl sites for hydroxylation is 2. The number of nitrogens with one attached hydrogen (secondary N) is 1. The van der Waals surface area contributed by atoms with Gasteiger partial charge in [-0.2, -0.15) is 0 Å². The lowest BCUT2D eigenvalue weighted by molar-refractivity contribution is 0.207. The van der Waals surface area contributed by atoms with Gasteiger partial charge in [-0.05, 0) is 49.9 Å². The summed E-state index contributed by atoms with van der Waals surface area (Å²) in [6.07, 6.45) is 2.09. The maximum Gasteiger partial charge on any atom is 0.322 e. The molecule has 1 aliphatic heterocycles. The fourth-order valence-electron chi connectivity index (χ4n) is 3.13. The summed E-state index contributed by atoms with van der Waals surface area (Å²) in [7, 11) is 0. The number of benzene rings is 2. The molecule has 114 valence electrons. The zero-order valence-electron chi connectivity index (χ0n) is 13.2. The van der Waals surface area contributed by atoms with Gasteiger partial charge in [-0.3, -0.25) is 0 Å². The lowest BCUT2D eigenvalue weighted by atomic mass is 9.99. The van der Waals surface area contributed by atoms with Crippen molar-refractivity contribution in [2.75, 3.05) is 11.9 Å². The number of urea groups is 1. The summed E-state index contributed by atoms with van der Waals surface area (Å²) in [6, 6.07) is 16.5. The molecule has 0 aliphatic carbocycles. The molecule has 3 heteroatoms. The molecule has 3 rings (SSSR count). The van der Waals surface area contributed by atoms with E-state index in [1.54, 1.807) is 0 Å². The molecule has 1 saturated heterocycles. The molecular weight excluding hydrogens is 272 g/mol. The quantitative estimate of drug-likeness (QED) is 0.857. The second-order valence-electron chi connectivity index (χ2n) is 6.00. The van der Waals surface area contributed by atoms with Crippen LogP contribution >= 0.6 is 0 Å². The van der Waals surface area contributed by atoms with Gasteiger partial charge in [-0.15, -0.1) is 0 Å². The predicted octanol–water partition coefficient (Wildman–Crippen LogP) is 4.67. The van der Waals surface area contributed by atoms with Crippen molar-refractivity contribution in [3.8, 4) is 0 Å². The van der Waals surface area contributed by atoms with E-state index >= 15 is 0 Å². The largest absolute Gasteiger partial charge is 0.322 e. The number of amides is 2. The molecular formula is C19H22N2O. The molecule has 0 saturated carbocycles. The maximum atomic E-state index is 12.6. The molecule has 0 bridgehead atoms. The van der Waals surface area contributed by atoms with Gasteiger partial charge in [0, 0.05) is 12.2 Å². The molecule has 1 N–H and O–H groups in total. The summed E-state index contributed by atoms with van der Waals surface area (Å²) in [4.78, 5) is 14.6.